The number of nitrogens with zero attached hydrogens (tertiary/aromatic N) is 6. The number of aryl methyl sites for hydroxylation is 1. The molecule has 10 nitrogen and oxygen atoms in total. The Morgan fingerprint density at radius 2 is 0.990 bits per heavy atom. The van der Waals surface area contributed by atoms with Gasteiger partial charge in [-0.05, 0) is 122 Å². The molecule has 0 bridgehead atoms. The van der Waals surface area contributed by atoms with Gasteiger partial charge < -0.3 is 35.1 Å². The molecule has 6 heterocycles. The van der Waals surface area contributed by atoms with E-state index in [-0.39, 0.29) is 146 Å². The van der Waals surface area contributed by atoms with E-state index in [4.69, 9.17) is 10.2 Å². The van der Waals surface area contributed by atoms with Gasteiger partial charge in [0.2, 0.25) is 0 Å². The molecule has 2 N–H and O–H groups in total. The van der Waals surface area contributed by atoms with Gasteiger partial charge in [0.1, 0.15) is 11.9 Å². The molecule has 99 heavy (non-hydrogen) atoms. The van der Waals surface area contributed by atoms with Crippen LogP contribution in [-0.4, -0.2) is 51.7 Å². The van der Waals surface area contributed by atoms with Crippen molar-refractivity contribution >= 4 is 22.3 Å². The fourth-order valence-corrected chi connectivity index (χ4v) is 9.64. The number of allylic oxidation sites excluding steroid dienone is 4. The number of fused-ring (bicyclic) bond motifs is 4. The van der Waals surface area contributed by atoms with Crippen molar-refractivity contribution in [3.63, 3.8) is 0 Å². The van der Waals surface area contributed by atoms with Crippen molar-refractivity contribution < 1.29 is 138 Å². The first kappa shape index (κ1) is 87.0. The van der Waals surface area contributed by atoms with Crippen molar-refractivity contribution in [1.29, 1.82) is 0 Å². The fraction of sp³-hybridized carbons (Fsp3) is 0.125. The molecule has 1 aliphatic rings. The summed E-state index contributed by atoms with van der Waals surface area (Å²) < 4.78 is 52.9. The van der Waals surface area contributed by atoms with Gasteiger partial charge in [0, 0.05) is 155 Å². The number of aliphatic hydroxyl groups excluding tert-OH is 2. The van der Waals surface area contributed by atoms with E-state index in [9.17, 15) is 27.2 Å². The fourth-order valence-electron chi connectivity index (χ4n) is 9.64. The van der Waals surface area contributed by atoms with Gasteiger partial charge in [-0.15, -0.1) is 119 Å². The van der Waals surface area contributed by atoms with Crippen LogP contribution in [0.5, 0.6) is 0 Å². The number of benzene rings is 6. The van der Waals surface area contributed by atoms with Crippen LogP contribution in [0.15, 0.2) is 249 Å². The number of aliphatic hydroxyl groups is 2. The third-order valence-corrected chi connectivity index (χ3v) is 13.9. The Kier molecular flexibility index (Phi) is 38.7. The number of pyridine rings is 6. The summed E-state index contributed by atoms with van der Waals surface area (Å²) in [4.78, 5) is 44.2. The number of hydrogen-bond donors (Lipinski definition) is 2. The van der Waals surface area contributed by atoms with E-state index in [1.54, 1.807) is 49.8 Å². The zero-order valence-electron chi connectivity index (χ0n) is 54.8. The van der Waals surface area contributed by atoms with E-state index in [2.05, 4.69) is 141 Å². The van der Waals surface area contributed by atoms with Crippen LogP contribution in [0.3, 0.4) is 0 Å². The summed E-state index contributed by atoms with van der Waals surface area (Å²) in [5, 5.41) is 19.1. The molecule has 19 heteroatoms. The molecule has 0 aliphatic heterocycles. The van der Waals surface area contributed by atoms with Gasteiger partial charge in [-0.3, -0.25) is 23.4 Å². The van der Waals surface area contributed by atoms with Crippen molar-refractivity contribution in [1.82, 2.24) is 29.9 Å². The number of rotatable bonds is 8. The summed E-state index contributed by atoms with van der Waals surface area (Å²) in [6, 6.07) is 76.5. The summed E-state index contributed by atoms with van der Waals surface area (Å²) in [7, 11) is 0. The van der Waals surface area contributed by atoms with Gasteiger partial charge in [-0.1, -0.05) is 151 Å². The van der Waals surface area contributed by atoms with Gasteiger partial charge in [0.05, 0.1) is 11.5 Å². The van der Waals surface area contributed by atoms with Crippen LogP contribution in [0, 0.1) is 60.8 Å². The minimum atomic E-state index is -0.899. The number of hydrogen-bond acceptors (Lipinski definition) is 10. The number of halogens is 4. The van der Waals surface area contributed by atoms with Gasteiger partial charge in [-0.25, -0.2) is 8.78 Å². The van der Waals surface area contributed by atoms with Gasteiger partial charge >= 0.3 is 0 Å². The maximum absolute atomic E-state index is 14.0. The molecule has 0 unspecified atom stereocenters. The molecule has 1 aliphatic carbocycles. The van der Waals surface area contributed by atoms with Crippen molar-refractivity contribution in [2.24, 2.45) is 0 Å². The Morgan fingerprint density at radius 1 is 0.485 bits per heavy atom. The van der Waals surface area contributed by atoms with E-state index in [1.807, 2.05) is 104 Å². The molecule has 6 aromatic carbocycles. The smallest absolute Gasteiger partial charge is 0.155 e. The zero-order valence-corrected chi connectivity index (χ0v) is 66.8. The topological polar surface area (TPSA) is 152 Å². The minimum absolute atomic E-state index is 0. The Morgan fingerprint density at radius 3 is 1.48 bits per heavy atom. The van der Waals surface area contributed by atoms with Crippen LogP contribution in [0.1, 0.15) is 70.7 Å². The first-order chi connectivity index (χ1) is 45.2. The van der Waals surface area contributed by atoms with E-state index in [0.29, 0.717) is 17.8 Å². The largest absolute Gasteiger partial charge is 0.512 e. The van der Waals surface area contributed by atoms with Crippen LogP contribution >= 0.6 is 0 Å². The zero-order chi connectivity index (χ0) is 67.6. The second kappa shape index (κ2) is 44.1. The molecular weight excluding hydrogens is 2150 g/mol. The predicted octanol–water partition coefficient (Wildman–Crippen LogP) is 19.1. The third-order valence-electron chi connectivity index (χ3n) is 13.9. The summed E-state index contributed by atoms with van der Waals surface area (Å²) in [5.74, 6) is -3.03. The van der Waals surface area contributed by atoms with Crippen LogP contribution in [0.2, 0.25) is 0 Å². The van der Waals surface area contributed by atoms with Gasteiger partial charge in [0.25, 0.3) is 0 Å². The number of aromatic nitrogens is 6. The van der Waals surface area contributed by atoms with Crippen LogP contribution in [0.4, 0.5) is 17.6 Å². The Hall–Kier alpha value is -8.13. The maximum Gasteiger partial charge on any atom is 0.155 e. The molecule has 0 atom stereocenters. The van der Waals surface area contributed by atoms with E-state index in [1.165, 1.54) is 85.1 Å². The maximum atomic E-state index is 14.0. The van der Waals surface area contributed by atoms with Crippen molar-refractivity contribution in [3.8, 4) is 67.4 Å². The average Bonchev–Trinajstić information content (AvgIpc) is 1.59. The van der Waals surface area contributed by atoms with Gasteiger partial charge in [-0.2, -0.15) is 0 Å². The molecular formula is C80H67F4Ir5N6O4-5. The SMILES string of the molecule is CC(=O)C=C(C)O.CC(=O)C=C(C)O.CC1(C)c2ccccc2-c2c[c-]c(-c3nccc4ccccc34)cc21.CCc1c(F)c[c-]c(-c2cc(C)ccn2)c1F.Fc1c[c-]c(-c2ccccn2)c(F)n1.[Ir].[Ir].[Ir].[Ir].[Ir].[c-]1ccccc1-c1ccccn1.[c-]1ccccc1-c1ccccn1. The molecule has 12 aromatic rings. The van der Waals surface area contributed by atoms with E-state index >= 15 is 0 Å². The van der Waals surface area contributed by atoms with Gasteiger partial charge in [0.15, 0.2) is 11.6 Å². The normalized spacial score (nSPS) is 10.8. The second-order valence-corrected chi connectivity index (χ2v) is 21.5. The summed E-state index contributed by atoms with van der Waals surface area (Å²) >= 11 is 0. The molecule has 0 saturated carbocycles. The molecule has 519 valence electrons. The first-order valence-electron chi connectivity index (χ1n) is 29.7. The third kappa shape index (κ3) is 26.2. The molecule has 5 radical (unpaired) electrons. The van der Waals surface area contributed by atoms with Crippen molar-refractivity contribution in [2.45, 2.75) is 67.2 Å². The Bertz CT molecular complexity index is 4340. The van der Waals surface area contributed by atoms with Crippen LogP contribution in [0.25, 0.3) is 78.2 Å². The van der Waals surface area contributed by atoms with Crippen LogP contribution < -0.4 is 0 Å². The van der Waals surface area contributed by atoms with Crippen LogP contribution in [-0.2, 0) is 122 Å². The number of carbonyl (C=O) groups excluding carboxylic acids is 2. The Balaban J connectivity index is 0.000000406. The summed E-state index contributed by atoms with van der Waals surface area (Å²) in [6.07, 6.45) is 11.2. The quantitative estimate of drug-likeness (QED) is 0.0494. The van der Waals surface area contributed by atoms with E-state index in [0.717, 1.165) is 45.4 Å². The Labute approximate surface area is 643 Å². The molecule has 0 fully saturated rings. The molecule has 13 rings (SSSR count). The first-order valence-corrected chi connectivity index (χ1v) is 29.7. The number of ketones is 2. The average molecular weight is 2210 g/mol. The molecule has 0 spiro atoms. The van der Waals surface area contributed by atoms with Crippen molar-refractivity contribution in [3.05, 3.63) is 325 Å². The monoisotopic (exact) mass is 2220 g/mol. The standard InChI is InChI=1S/C24H18N.C14H12F2N.2C11H8N.C10H5F2N2.2C5H8O2.5Ir/c1-24(2)21-10-6-5-9-19(21)20-12-11-17(15-22(20)24)23-18-8-4-3-7-16(18)13-14-25-23;1-3-10-12(15)5-4-11(14(10)16)13-8-9(2)6-7-17-13;2*1-2-6-10(7-3-1)11-8-4-5-9-12-11;11-9-5-4-7(10(12)14-9)8-3-1-2-6-13-8;2*1-4(6)3-5(2)7;;;;;/h3-10,12-15H,1-2H3;5-8H,3H2,1-2H3;2*1-6,8-9H;1-3,5-6H;2*3,6H,1-2H3;;;;;/q5*-1;;;;;;;. The minimum Gasteiger partial charge on any atom is -0.512 e. The predicted molar refractivity (Wildman–Crippen MR) is 363 cm³/mol. The molecule has 0 saturated heterocycles. The second-order valence-electron chi connectivity index (χ2n) is 21.5. The molecule has 6 aromatic heterocycles. The summed E-state index contributed by atoms with van der Waals surface area (Å²) in [6.45, 7) is 13.9. The van der Waals surface area contributed by atoms with E-state index < -0.39 is 23.5 Å². The van der Waals surface area contributed by atoms with Crippen molar-refractivity contribution in [2.75, 3.05) is 0 Å². The number of carbonyl (C=O) groups is 2. The molecule has 0 amide bonds. The summed E-state index contributed by atoms with van der Waals surface area (Å²) in [5.41, 5.74) is 13.7.